The number of ether oxygens (including phenoxy) is 1. The Balaban J connectivity index is 3.05. The third-order valence-electron chi connectivity index (χ3n) is 2.59. The zero-order valence-electron chi connectivity index (χ0n) is 11.3. The van der Waals surface area contributed by atoms with Crippen molar-refractivity contribution in [1.29, 1.82) is 0 Å². The molecule has 18 heavy (non-hydrogen) atoms. The molecule has 0 aliphatic carbocycles. The van der Waals surface area contributed by atoms with Gasteiger partial charge in [0.25, 0.3) is 0 Å². The first-order valence-corrected chi connectivity index (χ1v) is 6.81. The third kappa shape index (κ3) is 3.49. The second kappa shape index (κ2) is 6.24. The number of aryl methyl sites for hydroxylation is 1. The average Bonchev–Trinajstić information content (AvgIpc) is 2.69. The van der Waals surface area contributed by atoms with Crippen LogP contribution in [0.1, 0.15) is 26.5 Å². The average molecular weight is 272 g/mol. The van der Waals surface area contributed by atoms with Crippen LogP contribution in [0.25, 0.3) is 0 Å². The van der Waals surface area contributed by atoms with Crippen LogP contribution < -0.4 is 0 Å². The number of hydrogen-bond donors (Lipinski definition) is 1. The van der Waals surface area contributed by atoms with E-state index in [1.165, 1.54) is 11.8 Å². The van der Waals surface area contributed by atoms with Crippen LogP contribution in [0.4, 0.5) is 0 Å². The van der Waals surface area contributed by atoms with Crippen molar-refractivity contribution in [2.75, 3.05) is 19.5 Å². The summed E-state index contributed by atoms with van der Waals surface area (Å²) < 4.78 is 7.31. The SMILES string of the molecule is CCc1cnc(SCC(=O)O)n1C(C)(C)COC. The predicted octanol–water partition coefficient (Wildman–Crippen LogP) is 2.00. The Bertz CT molecular complexity index is 415. The molecule has 0 aliphatic heterocycles. The van der Waals surface area contributed by atoms with Crippen LogP contribution in [-0.4, -0.2) is 40.1 Å². The van der Waals surface area contributed by atoms with E-state index in [0.29, 0.717) is 6.61 Å². The van der Waals surface area contributed by atoms with Gasteiger partial charge in [-0.05, 0) is 20.3 Å². The molecule has 0 spiro atoms. The Morgan fingerprint density at radius 3 is 2.78 bits per heavy atom. The Hall–Kier alpha value is -1.01. The molecular formula is C12H20N2O3S. The molecule has 0 saturated heterocycles. The number of aliphatic carboxylic acids is 1. The second-order valence-electron chi connectivity index (χ2n) is 4.65. The van der Waals surface area contributed by atoms with Crippen molar-refractivity contribution in [3.05, 3.63) is 11.9 Å². The van der Waals surface area contributed by atoms with Gasteiger partial charge in [0.2, 0.25) is 0 Å². The van der Waals surface area contributed by atoms with Gasteiger partial charge in [0.05, 0.1) is 17.9 Å². The van der Waals surface area contributed by atoms with Gasteiger partial charge in [0.15, 0.2) is 5.16 Å². The normalized spacial score (nSPS) is 11.8. The maximum atomic E-state index is 10.7. The van der Waals surface area contributed by atoms with E-state index in [1.807, 2.05) is 6.20 Å². The van der Waals surface area contributed by atoms with E-state index in [9.17, 15) is 4.79 Å². The third-order valence-corrected chi connectivity index (χ3v) is 3.53. The fourth-order valence-corrected chi connectivity index (χ4v) is 2.78. The van der Waals surface area contributed by atoms with Crippen LogP contribution in [0.2, 0.25) is 0 Å². The van der Waals surface area contributed by atoms with E-state index in [0.717, 1.165) is 17.3 Å². The van der Waals surface area contributed by atoms with Crippen LogP contribution in [0.15, 0.2) is 11.4 Å². The fraction of sp³-hybridized carbons (Fsp3) is 0.667. The molecule has 0 amide bonds. The molecule has 0 bridgehead atoms. The summed E-state index contributed by atoms with van der Waals surface area (Å²) >= 11 is 1.24. The van der Waals surface area contributed by atoms with Gasteiger partial charge >= 0.3 is 5.97 Å². The Morgan fingerprint density at radius 1 is 1.61 bits per heavy atom. The molecule has 1 rings (SSSR count). The summed E-state index contributed by atoms with van der Waals surface area (Å²) in [6.07, 6.45) is 2.66. The number of nitrogens with zero attached hydrogens (tertiary/aromatic N) is 2. The standard InChI is InChI=1S/C12H20N2O3S/c1-5-9-6-13-11(18-7-10(15)16)14(9)12(2,3)8-17-4/h6H,5,7-8H2,1-4H3,(H,15,16). The minimum atomic E-state index is -0.836. The number of aromatic nitrogens is 2. The number of rotatable bonds is 7. The summed E-state index contributed by atoms with van der Waals surface area (Å²) in [4.78, 5) is 15.0. The number of thioether (sulfide) groups is 1. The van der Waals surface area contributed by atoms with E-state index < -0.39 is 5.97 Å². The molecule has 0 aromatic carbocycles. The first-order chi connectivity index (χ1) is 8.42. The molecule has 1 aromatic rings. The van der Waals surface area contributed by atoms with Crippen molar-refractivity contribution >= 4 is 17.7 Å². The van der Waals surface area contributed by atoms with Crippen molar-refractivity contribution in [1.82, 2.24) is 9.55 Å². The van der Waals surface area contributed by atoms with Gasteiger partial charge in [-0.2, -0.15) is 0 Å². The van der Waals surface area contributed by atoms with Gasteiger partial charge in [-0.1, -0.05) is 18.7 Å². The van der Waals surface area contributed by atoms with Gasteiger partial charge in [0.1, 0.15) is 0 Å². The summed E-state index contributed by atoms with van der Waals surface area (Å²) in [5, 5.41) is 9.49. The summed E-state index contributed by atoms with van der Waals surface area (Å²) in [5.41, 5.74) is 0.849. The molecular weight excluding hydrogens is 252 g/mol. The van der Waals surface area contributed by atoms with E-state index in [2.05, 4.69) is 30.3 Å². The number of carbonyl (C=O) groups is 1. The number of imidazole rings is 1. The van der Waals surface area contributed by atoms with Crippen molar-refractivity contribution < 1.29 is 14.6 Å². The number of carboxylic acid groups (broad SMARTS) is 1. The lowest BCUT2D eigenvalue weighted by Crippen LogP contribution is -2.33. The minimum absolute atomic E-state index is 0.0171. The van der Waals surface area contributed by atoms with Crippen molar-refractivity contribution in [2.45, 2.75) is 37.9 Å². The molecule has 0 fully saturated rings. The number of hydrogen-bond acceptors (Lipinski definition) is 4. The van der Waals surface area contributed by atoms with Gasteiger partial charge in [-0.15, -0.1) is 0 Å². The van der Waals surface area contributed by atoms with E-state index in [-0.39, 0.29) is 11.3 Å². The molecule has 1 N–H and O–H groups in total. The van der Waals surface area contributed by atoms with Gasteiger partial charge in [-0.3, -0.25) is 4.79 Å². The molecule has 1 aromatic heterocycles. The minimum Gasteiger partial charge on any atom is -0.481 e. The maximum absolute atomic E-state index is 10.7. The van der Waals surface area contributed by atoms with Gasteiger partial charge < -0.3 is 14.4 Å². The molecule has 0 radical (unpaired) electrons. The molecule has 6 heteroatoms. The lowest BCUT2D eigenvalue weighted by atomic mass is 10.1. The molecule has 0 aliphatic rings. The molecule has 5 nitrogen and oxygen atoms in total. The smallest absolute Gasteiger partial charge is 0.313 e. The van der Waals surface area contributed by atoms with Crippen LogP contribution >= 0.6 is 11.8 Å². The fourth-order valence-electron chi connectivity index (χ4n) is 1.91. The molecule has 0 atom stereocenters. The monoisotopic (exact) mass is 272 g/mol. The summed E-state index contributed by atoms with van der Waals surface area (Å²) in [7, 11) is 1.66. The van der Waals surface area contributed by atoms with E-state index >= 15 is 0 Å². The Kier molecular flexibility index (Phi) is 5.22. The van der Waals surface area contributed by atoms with Crippen LogP contribution in [0.3, 0.4) is 0 Å². The Morgan fingerprint density at radius 2 is 2.28 bits per heavy atom. The first kappa shape index (κ1) is 15.0. The highest BCUT2D eigenvalue weighted by molar-refractivity contribution is 7.99. The largest absolute Gasteiger partial charge is 0.481 e. The molecule has 0 saturated carbocycles. The highest BCUT2D eigenvalue weighted by Gasteiger charge is 2.26. The molecule has 0 unspecified atom stereocenters. The van der Waals surface area contributed by atoms with E-state index in [1.54, 1.807) is 7.11 Å². The van der Waals surface area contributed by atoms with Crippen molar-refractivity contribution in [2.24, 2.45) is 0 Å². The van der Waals surface area contributed by atoms with Crippen molar-refractivity contribution in [3.63, 3.8) is 0 Å². The molecule has 102 valence electrons. The highest BCUT2D eigenvalue weighted by Crippen LogP contribution is 2.27. The van der Waals surface area contributed by atoms with Crippen molar-refractivity contribution in [3.8, 4) is 0 Å². The topological polar surface area (TPSA) is 64.3 Å². The first-order valence-electron chi connectivity index (χ1n) is 5.83. The quantitative estimate of drug-likeness (QED) is 0.769. The van der Waals surface area contributed by atoms with Crippen LogP contribution in [-0.2, 0) is 21.5 Å². The highest BCUT2D eigenvalue weighted by atomic mass is 32.2. The Labute approximate surface area is 112 Å². The molecule has 1 heterocycles. The number of carboxylic acids is 1. The summed E-state index contributed by atoms with van der Waals surface area (Å²) in [6.45, 7) is 6.73. The van der Waals surface area contributed by atoms with E-state index in [4.69, 9.17) is 9.84 Å². The maximum Gasteiger partial charge on any atom is 0.313 e. The lowest BCUT2D eigenvalue weighted by molar-refractivity contribution is -0.133. The zero-order valence-corrected chi connectivity index (χ0v) is 12.1. The van der Waals surface area contributed by atoms with Gasteiger partial charge in [-0.25, -0.2) is 4.98 Å². The van der Waals surface area contributed by atoms with Gasteiger partial charge in [0, 0.05) is 19.0 Å². The zero-order chi connectivity index (χ0) is 13.8. The summed E-state index contributed by atoms with van der Waals surface area (Å²) in [6, 6.07) is 0. The second-order valence-corrected chi connectivity index (χ2v) is 5.59. The van der Waals surface area contributed by atoms with Crippen LogP contribution in [0.5, 0.6) is 0 Å². The number of methoxy groups -OCH3 is 1. The van der Waals surface area contributed by atoms with Crippen LogP contribution in [0, 0.1) is 0 Å². The predicted molar refractivity (Wildman–Crippen MR) is 71.2 cm³/mol. The lowest BCUT2D eigenvalue weighted by Gasteiger charge is -2.29. The summed E-state index contributed by atoms with van der Waals surface area (Å²) in [5.74, 6) is -0.819.